The lowest BCUT2D eigenvalue weighted by Crippen LogP contribution is -2.22. The van der Waals surface area contributed by atoms with Crippen molar-refractivity contribution in [3.8, 4) is 5.75 Å². The van der Waals surface area contributed by atoms with Gasteiger partial charge in [0.05, 0.1) is 18.0 Å². The van der Waals surface area contributed by atoms with Crippen molar-refractivity contribution in [3.05, 3.63) is 71.9 Å². The SMILES string of the molecule is CCOc1ccc(N=CC(C(=O)Nc2ccc(F)cc2)c2cc(C)no2)cc1. The molecule has 0 saturated carbocycles. The van der Waals surface area contributed by atoms with Gasteiger partial charge in [-0.05, 0) is 62.4 Å². The quantitative estimate of drug-likeness (QED) is 0.605. The van der Waals surface area contributed by atoms with Gasteiger partial charge in [0.1, 0.15) is 17.5 Å². The zero-order chi connectivity index (χ0) is 19.9. The first-order valence-corrected chi connectivity index (χ1v) is 8.82. The summed E-state index contributed by atoms with van der Waals surface area (Å²) in [7, 11) is 0. The lowest BCUT2D eigenvalue weighted by Gasteiger charge is -2.10. The Morgan fingerprint density at radius 2 is 1.96 bits per heavy atom. The molecule has 0 aliphatic carbocycles. The lowest BCUT2D eigenvalue weighted by molar-refractivity contribution is -0.116. The predicted octanol–water partition coefficient (Wildman–Crippen LogP) is 4.65. The lowest BCUT2D eigenvalue weighted by atomic mass is 10.1. The number of nitrogens with one attached hydrogen (secondary N) is 1. The minimum atomic E-state index is -0.794. The summed E-state index contributed by atoms with van der Waals surface area (Å²) in [4.78, 5) is 17.1. The summed E-state index contributed by atoms with van der Waals surface area (Å²) in [6.07, 6.45) is 1.49. The molecule has 0 aliphatic rings. The molecular weight excluding hydrogens is 361 g/mol. The number of carbonyl (C=O) groups excluding carboxylic acids is 1. The molecule has 28 heavy (non-hydrogen) atoms. The molecule has 2 aromatic carbocycles. The van der Waals surface area contributed by atoms with Gasteiger partial charge in [-0.25, -0.2) is 4.39 Å². The van der Waals surface area contributed by atoms with Crippen molar-refractivity contribution >= 4 is 23.5 Å². The van der Waals surface area contributed by atoms with Gasteiger partial charge in [-0.3, -0.25) is 9.79 Å². The molecule has 7 heteroatoms. The number of hydrogen-bond acceptors (Lipinski definition) is 5. The van der Waals surface area contributed by atoms with Gasteiger partial charge in [-0.15, -0.1) is 0 Å². The molecule has 1 amide bonds. The smallest absolute Gasteiger partial charge is 0.240 e. The van der Waals surface area contributed by atoms with E-state index in [0.29, 0.717) is 29.4 Å². The van der Waals surface area contributed by atoms with Crippen molar-refractivity contribution in [1.82, 2.24) is 5.16 Å². The van der Waals surface area contributed by atoms with Crippen LogP contribution in [0, 0.1) is 12.7 Å². The van der Waals surface area contributed by atoms with Gasteiger partial charge < -0.3 is 14.6 Å². The summed E-state index contributed by atoms with van der Waals surface area (Å²) in [5.74, 6) is -0.419. The van der Waals surface area contributed by atoms with Crippen molar-refractivity contribution in [3.63, 3.8) is 0 Å². The fourth-order valence-electron chi connectivity index (χ4n) is 2.51. The number of aliphatic imine (C=N–C) groups is 1. The highest BCUT2D eigenvalue weighted by Crippen LogP contribution is 2.22. The van der Waals surface area contributed by atoms with E-state index in [2.05, 4.69) is 15.5 Å². The van der Waals surface area contributed by atoms with E-state index in [-0.39, 0.29) is 11.7 Å². The topological polar surface area (TPSA) is 76.7 Å². The number of aromatic nitrogens is 1. The molecule has 0 saturated heterocycles. The summed E-state index contributed by atoms with van der Waals surface area (Å²) in [6, 6.07) is 14.4. The van der Waals surface area contributed by atoms with Crippen LogP contribution in [0.4, 0.5) is 15.8 Å². The highest BCUT2D eigenvalue weighted by atomic mass is 19.1. The van der Waals surface area contributed by atoms with Gasteiger partial charge in [0.15, 0.2) is 5.76 Å². The number of carbonyl (C=O) groups is 1. The minimum Gasteiger partial charge on any atom is -0.494 e. The Bertz CT molecular complexity index is 950. The van der Waals surface area contributed by atoms with Gasteiger partial charge in [-0.1, -0.05) is 5.16 Å². The summed E-state index contributed by atoms with van der Waals surface area (Å²) >= 11 is 0. The van der Waals surface area contributed by atoms with E-state index >= 15 is 0 Å². The Hall–Kier alpha value is -3.48. The summed E-state index contributed by atoms with van der Waals surface area (Å²) in [5, 5.41) is 6.58. The molecule has 1 atom stereocenters. The summed E-state index contributed by atoms with van der Waals surface area (Å²) in [6.45, 7) is 4.26. The fourth-order valence-corrected chi connectivity index (χ4v) is 2.51. The molecule has 0 radical (unpaired) electrons. The average molecular weight is 381 g/mol. The molecule has 1 N–H and O–H groups in total. The van der Waals surface area contributed by atoms with Crippen LogP contribution in [0.1, 0.15) is 24.3 Å². The molecule has 0 fully saturated rings. The van der Waals surface area contributed by atoms with Crippen LogP contribution in [0.5, 0.6) is 5.75 Å². The molecule has 3 aromatic rings. The van der Waals surface area contributed by atoms with Crippen molar-refractivity contribution < 1.29 is 18.4 Å². The van der Waals surface area contributed by atoms with Crippen LogP contribution in [0.2, 0.25) is 0 Å². The number of halogens is 1. The van der Waals surface area contributed by atoms with Gasteiger partial charge in [0.25, 0.3) is 0 Å². The van der Waals surface area contributed by atoms with Crippen LogP contribution in [0.15, 0.2) is 64.1 Å². The summed E-state index contributed by atoms with van der Waals surface area (Å²) in [5.41, 5.74) is 1.80. The molecule has 0 aliphatic heterocycles. The monoisotopic (exact) mass is 381 g/mol. The average Bonchev–Trinajstić information content (AvgIpc) is 3.11. The molecule has 3 rings (SSSR count). The third kappa shape index (κ3) is 5.03. The van der Waals surface area contributed by atoms with Crippen LogP contribution >= 0.6 is 0 Å². The highest BCUT2D eigenvalue weighted by Gasteiger charge is 2.23. The maximum Gasteiger partial charge on any atom is 0.240 e. The molecule has 1 unspecified atom stereocenters. The molecule has 1 heterocycles. The first-order valence-electron chi connectivity index (χ1n) is 8.82. The van der Waals surface area contributed by atoms with E-state index in [1.54, 1.807) is 25.1 Å². The Balaban J connectivity index is 1.80. The molecule has 1 aromatic heterocycles. The normalized spacial score (nSPS) is 12.1. The largest absolute Gasteiger partial charge is 0.494 e. The van der Waals surface area contributed by atoms with Crippen molar-refractivity contribution in [2.45, 2.75) is 19.8 Å². The van der Waals surface area contributed by atoms with Crippen molar-refractivity contribution in [1.29, 1.82) is 0 Å². The standard InChI is InChI=1S/C21H20FN3O3/c1-3-27-18-10-8-16(9-11-18)23-13-19(20-12-14(2)25-28-20)21(26)24-17-6-4-15(22)5-7-17/h4-13,19H,3H2,1-2H3,(H,24,26). The Morgan fingerprint density at radius 1 is 1.25 bits per heavy atom. The number of hydrogen-bond donors (Lipinski definition) is 1. The third-order valence-electron chi connectivity index (χ3n) is 3.87. The molecule has 0 bridgehead atoms. The first-order chi connectivity index (χ1) is 13.5. The molecule has 6 nitrogen and oxygen atoms in total. The number of amides is 1. The zero-order valence-corrected chi connectivity index (χ0v) is 15.6. The second-order valence-electron chi connectivity index (χ2n) is 6.05. The molecule has 144 valence electrons. The second-order valence-corrected chi connectivity index (χ2v) is 6.05. The maximum atomic E-state index is 13.1. The van der Waals surface area contributed by atoms with E-state index in [0.717, 1.165) is 5.75 Å². The number of anilines is 1. The Labute approximate surface area is 162 Å². The second kappa shape index (κ2) is 8.94. The number of nitrogens with zero attached hydrogens (tertiary/aromatic N) is 2. The Morgan fingerprint density at radius 3 is 2.57 bits per heavy atom. The summed E-state index contributed by atoms with van der Waals surface area (Å²) < 4.78 is 23.7. The number of rotatable bonds is 7. The van der Waals surface area contributed by atoms with Crippen LogP contribution in [0.25, 0.3) is 0 Å². The van der Waals surface area contributed by atoms with E-state index in [1.165, 1.54) is 30.5 Å². The third-order valence-corrected chi connectivity index (χ3v) is 3.87. The van der Waals surface area contributed by atoms with Crippen LogP contribution in [-0.4, -0.2) is 23.9 Å². The maximum absolute atomic E-state index is 13.1. The van der Waals surface area contributed by atoms with Crippen LogP contribution < -0.4 is 10.1 Å². The van der Waals surface area contributed by atoms with E-state index in [4.69, 9.17) is 9.26 Å². The van der Waals surface area contributed by atoms with Crippen LogP contribution in [-0.2, 0) is 4.79 Å². The molecule has 0 spiro atoms. The van der Waals surface area contributed by atoms with E-state index < -0.39 is 5.92 Å². The van der Waals surface area contributed by atoms with Gasteiger partial charge in [0.2, 0.25) is 5.91 Å². The van der Waals surface area contributed by atoms with Crippen molar-refractivity contribution in [2.24, 2.45) is 4.99 Å². The van der Waals surface area contributed by atoms with Gasteiger partial charge in [-0.2, -0.15) is 0 Å². The van der Waals surface area contributed by atoms with Gasteiger partial charge in [0, 0.05) is 18.0 Å². The van der Waals surface area contributed by atoms with Crippen LogP contribution in [0.3, 0.4) is 0 Å². The molecular formula is C21H20FN3O3. The fraction of sp³-hybridized carbons (Fsp3) is 0.190. The van der Waals surface area contributed by atoms with Gasteiger partial charge >= 0.3 is 0 Å². The predicted molar refractivity (Wildman–Crippen MR) is 105 cm³/mol. The number of aryl methyl sites for hydroxylation is 1. The Kier molecular flexibility index (Phi) is 6.16. The first kappa shape index (κ1) is 19.3. The van der Waals surface area contributed by atoms with Crippen molar-refractivity contribution in [2.75, 3.05) is 11.9 Å². The minimum absolute atomic E-state index is 0.363. The van der Waals surface area contributed by atoms with E-state index in [1.807, 2.05) is 19.1 Å². The highest BCUT2D eigenvalue weighted by molar-refractivity contribution is 6.06. The number of benzene rings is 2. The van der Waals surface area contributed by atoms with E-state index in [9.17, 15) is 9.18 Å². The zero-order valence-electron chi connectivity index (χ0n) is 15.6. The number of ether oxygens (including phenoxy) is 1.